The van der Waals surface area contributed by atoms with Crippen LogP contribution in [0.15, 0.2) is 0 Å². The first-order chi connectivity index (χ1) is 18.1. The van der Waals surface area contributed by atoms with Crippen LogP contribution in [-0.2, 0) is 14.6 Å². The van der Waals surface area contributed by atoms with Crippen LogP contribution in [0, 0.1) is 0 Å². The van der Waals surface area contributed by atoms with Crippen LogP contribution in [0.4, 0.5) is 0 Å². The van der Waals surface area contributed by atoms with Crippen LogP contribution in [0.1, 0.15) is 200 Å². The van der Waals surface area contributed by atoms with E-state index in [2.05, 4.69) is 11.1 Å². The Labute approximate surface area is 261 Å². The third-order valence-electron chi connectivity index (χ3n) is 7.73. The van der Waals surface area contributed by atoms with Crippen LogP contribution in [0.25, 0.3) is 0 Å². The van der Waals surface area contributed by atoms with Gasteiger partial charge in [0.2, 0.25) is 10.4 Å². The summed E-state index contributed by atoms with van der Waals surface area (Å²) in [6.07, 6.45) is 40.9. The largest absolute Gasteiger partial charge is 1.00 e. The van der Waals surface area contributed by atoms with E-state index in [4.69, 9.17) is 0 Å². The zero-order chi connectivity index (χ0) is 27.1. The Kier molecular flexibility index (Phi) is 36.8. The number of hydrogen-bond acceptors (Lipinski definition) is 4. The van der Waals surface area contributed by atoms with Gasteiger partial charge in [-0.25, -0.2) is 8.42 Å². The van der Waals surface area contributed by atoms with Crippen molar-refractivity contribution in [2.24, 2.45) is 0 Å². The van der Waals surface area contributed by atoms with Gasteiger partial charge in [0, 0.05) is 0 Å². The minimum absolute atomic E-state index is 0. The molecule has 4 nitrogen and oxygen atoms in total. The van der Waals surface area contributed by atoms with Gasteiger partial charge in [-0.3, -0.25) is 4.18 Å². The molecule has 0 rings (SSSR count). The smallest absolute Gasteiger partial charge is 0.726 e. The molecule has 0 N–H and O–H groups in total. The van der Waals surface area contributed by atoms with E-state index in [0.717, 1.165) is 12.8 Å². The van der Waals surface area contributed by atoms with E-state index in [-0.39, 0.29) is 36.2 Å². The Hall–Kier alpha value is 0.870. The van der Waals surface area contributed by atoms with Crippen molar-refractivity contribution < 1.29 is 46.7 Å². The van der Waals surface area contributed by atoms with Crippen LogP contribution < -0.4 is 29.6 Å². The summed E-state index contributed by atoms with van der Waals surface area (Å²) in [5, 5.41) is 0. The van der Waals surface area contributed by atoms with E-state index < -0.39 is 10.4 Å². The molecular weight excluding hydrogens is 503 g/mol. The van der Waals surface area contributed by atoms with Crippen molar-refractivity contribution in [2.45, 2.75) is 200 Å². The van der Waals surface area contributed by atoms with Crippen molar-refractivity contribution in [3.63, 3.8) is 0 Å². The summed E-state index contributed by atoms with van der Waals surface area (Å²) in [7, 11) is -4.51. The molecule has 0 bridgehead atoms. The van der Waals surface area contributed by atoms with E-state index in [9.17, 15) is 13.0 Å². The van der Waals surface area contributed by atoms with E-state index in [1.807, 2.05) is 0 Å². The van der Waals surface area contributed by atoms with Gasteiger partial charge in [0.1, 0.15) is 0 Å². The third kappa shape index (κ3) is 39.0. The Morgan fingerprint density at radius 2 is 0.579 bits per heavy atom. The minimum Gasteiger partial charge on any atom is -0.726 e. The van der Waals surface area contributed by atoms with Gasteiger partial charge in [0.05, 0.1) is 6.61 Å². The van der Waals surface area contributed by atoms with Gasteiger partial charge >= 0.3 is 29.6 Å². The average Bonchev–Trinajstić information content (AvgIpc) is 2.86. The van der Waals surface area contributed by atoms with E-state index in [1.165, 1.54) is 173 Å². The molecule has 0 atom stereocenters. The molecular formula is C32H65NaO4S. The third-order valence-corrected chi connectivity index (χ3v) is 8.18. The molecule has 0 spiro atoms. The van der Waals surface area contributed by atoms with Crippen molar-refractivity contribution in [3.05, 3.63) is 0 Å². The molecule has 0 unspecified atom stereocenters. The minimum atomic E-state index is -4.51. The maximum absolute atomic E-state index is 10.3. The molecule has 0 aromatic rings. The molecule has 0 heterocycles. The van der Waals surface area contributed by atoms with E-state index in [0.29, 0.717) is 6.42 Å². The van der Waals surface area contributed by atoms with Gasteiger partial charge in [0.15, 0.2) is 0 Å². The van der Waals surface area contributed by atoms with Gasteiger partial charge in [-0.2, -0.15) is 0 Å². The van der Waals surface area contributed by atoms with Crippen molar-refractivity contribution in [1.82, 2.24) is 0 Å². The second kappa shape index (κ2) is 34.1. The summed E-state index contributed by atoms with van der Waals surface area (Å²) in [5.74, 6) is 0. The van der Waals surface area contributed by atoms with Gasteiger partial charge in [-0.15, -0.1) is 0 Å². The second-order valence-electron chi connectivity index (χ2n) is 11.5. The Balaban J connectivity index is 0. The molecule has 0 aliphatic rings. The van der Waals surface area contributed by atoms with E-state index >= 15 is 0 Å². The molecule has 0 fully saturated rings. The number of unbranched alkanes of at least 4 members (excludes halogenated alkanes) is 29. The fraction of sp³-hybridized carbons (Fsp3) is 1.00. The van der Waals surface area contributed by atoms with Crippen LogP contribution in [0.5, 0.6) is 0 Å². The first-order valence-electron chi connectivity index (χ1n) is 16.7. The molecule has 0 radical (unpaired) electrons. The monoisotopic (exact) mass is 568 g/mol. The van der Waals surface area contributed by atoms with Gasteiger partial charge in [0.25, 0.3) is 0 Å². The fourth-order valence-corrected chi connectivity index (χ4v) is 5.61. The van der Waals surface area contributed by atoms with Gasteiger partial charge in [-0.05, 0) is 6.42 Å². The van der Waals surface area contributed by atoms with Crippen molar-refractivity contribution in [2.75, 3.05) is 6.61 Å². The van der Waals surface area contributed by atoms with Crippen molar-refractivity contribution >= 4 is 10.4 Å². The first-order valence-corrected chi connectivity index (χ1v) is 18.0. The Morgan fingerprint density at radius 1 is 0.395 bits per heavy atom. The predicted octanol–water partition coefficient (Wildman–Crippen LogP) is 8.19. The zero-order valence-corrected chi connectivity index (χ0v) is 28.8. The molecule has 0 aromatic heterocycles. The summed E-state index contributed by atoms with van der Waals surface area (Å²) >= 11 is 0. The average molecular weight is 569 g/mol. The fourth-order valence-electron chi connectivity index (χ4n) is 5.29. The van der Waals surface area contributed by atoms with Crippen LogP contribution in [0.2, 0.25) is 0 Å². The molecule has 6 heteroatoms. The van der Waals surface area contributed by atoms with Gasteiger partial charge in [-0.1, -0.05) is 193 Å². The van der Waals surface area contributed by atoms with Crippen LogP contribution >= 0.6 is 0 Å². The number of hydrogen-bond donors (Lipinski definition) is 0. The molecule has 0 amide bonds. The summed E-state index contributed by atoms with van der Waals surface area (Å²) < 4.78 is 35.2. The standard InChI is InChI=1S/C32H66O4S.Na/c1-2-3-4-5-6-7-8-9-10-11-12-13-14-15-16-17-18-19-20-21-22-23-24-25-26-27-28-29-30-31-32-36-37(33,34)35;/h2-32H2,1H3,(H,33,34,35);/q;+1/p-1. The number of rotatable bonds is 32. The van der Waals surface area contributed by atoms with Crippen LogP contribution in [0.3, 0.4) is 0 Å². The molecule has 0 saturated heterocycles. The summed E-state index contributed by atoms with van der Waals surface area (Å²) in [6, 6.07) is 0. The normalized spacial score (nSPS) is 11.6. The predicted molar refractivity (Wildman–Crippen MR) is 160 cm³/mol. The van der Waals surface area contributed by atoms with E-state index in [1.54, 1.807) is 0 Å². The molecule has 0 saturated carbocycles. The molecule has 0 aliphatic heterocycles. The van der Waals surface area contributed by atoms with Gasteiger partial charge < -0.3 is 4.55 Å². The quantitative estimate of drug-likeness (QED) is 0.0355. The molecule has 0 aliphatic carbocycles. The molecule has 0 aromatic carbocycles. The maximum atomic E-state index is 10.3. The summed E-state index contributed by atoms with van der Waals surface area (Å²) in [6.45, 7) is 2.33. The molecule has 38 heavy (non-hydrogen) atoms. The first kappa shape index (κ1) is 41.0. The summed E-state index contributed by atoms with van der Waals surface area (Å²) in [4.78, 5) is 0. The second-order valence-corrected chi connectivity index (χ2v) is 12.5. The molecule has 224 valence electrons. The zero-order valence-electron chi connectivity index (χ0n) is 26.0. The topological polar surface area (TPSA) is 66.4 Å². The van der Waals surface area contributed by atoms with Crippen molar-refractivity contribution in [3.8, 4) is 0 Å². The Bertz CT molecular complexity index is 528. The maximum Gasteiger partial charge on any atom is 1.00 e. The van der Waals surface area contributed by atoms with Crippen molar-refractivity contribution in [1.29, 1.82) is 0 Å². The summed E-state index contributed by atoms with van der Waals surface area (Å²) in [5.41, 5.74) is 0. The SMILES string of the molecule is CCCCCCCCCCCCCCCCCCCCCCCCCCCCCCCCOS(=O)(=O)[O-].[Na+]. The van der Waals surface area contributed by atoms with Crippen LogP contribution in [-0.4, -0.2) is 19.6 Å². The Morgan fingerprint density at radius 3 is 0.763 bits per heavy atom.